The highest BCUT2D eigenvalue weighted by Gasteiger charge is 2.20. The highest BCUT2D eigenvalue weighted by Crippen LogP contribution is 2.14. The van der Waals surface area contributed by atoms with Crippen LogP contribution in [-0.4, -0.2) is 56.2 Å². The number of carboxylic acids is 1. The number of aromatic nitrogens is 4. The van der Waals surface area contributed by atoms with Gasteiger partial charge in [0.05, 0.1) is 12.4 Å². The van der Waals surface area contributed by atoms with Gasteiger partial charge < -0.3 is 29.8 Å². The van der Waals surface area contributed by atoms with E-state index >= 15 is 0 Å². The van der Waals surface area contributed by atoms with Crippen molar-refractivity contribution in [1.82, 2.24) is 19.1 Å². The molecule has 0 aliphatic carbocycles. The van der Waals surface area contributed by atoms with Gasteiger partial charge in [-0.25, -0.2) is 14.8 Å². The van der Waals surface area contributed by atoms with Crippen molar-refractivity contribution >= 4 is 29.4 Å². The van der Waals surface area contributed by atoms with Gasteiger partial charge in [-0.2, -0.15) is 0 Å². The Kier molecular flexibility index (Phi) is 7.23. The molecule has 0 saturated heterocycles. The summed E-state index contributed by atoms with van der Waals surface area (Å²) in [6.45, 7) is 1.85. The van der Waals surface area contributed by atoms with E-state index in [0.717, 1.165) is 0 Å². The third kappa shape index (κ3) is 5.14. The van der Waals surface area contributed by atoms with Crippen molar-refractivity contribution in [3.8, 4) is 0 Å². The summed E-state index contributed by atoms with van der Waals surface area (Å²) in [6.07, 6.45) is 3.80. The van der Waals surface area contributed by atoms with Gasteiger partial charge in [-0.1, -0.05) is 6.92 Å². The number of hydrogen-bond acceptors (Lipinski definition) is 7. The highest BCUT2D eigenvalue weighted by atomic mass is 16.5. The van der Waals surface area contributed by atoms with Crippen LogP contribution in [0, 0.1) is 0 Å². The molecule has 0 unspecified atom stereocenters. The number of hydrogen-bond donors (Lipinski definition) is 3. The molecule has 2 aromatic rings. The van der Waals surface area contributed by atoms with E-state index in [9.17, 15) is 19.5 Å². The number of anilines is 2. The van der Waals surface area contributed by atoms with Gasteiger partial charge in [0.2, 0.25) is 17.6 Å². The summed E-state index contributed by atoms with van der Waals surface area (Å²) in [4.78, 5) is 43.6. The van der Waals surface area contributed by atoms with Crippen LogP contribution in [0.3, 0.4) is 0 Å². The minimum absolute atomic E-state index is 0.0167. The van der Waals surface area contributed by atoms with E-state index in [1.807, 2.05) is 6.92 Å². The first kappa shape index (κ1) is 21.1. The standard InChI is InChI=1S/C16H22N6O6/c1-4-5-12(23)17-10-6-21(8-27-2)13(18-10)15(24)20-11-7-22(9-28-3)14(19-11)16(25)26/h6-7H,4-5,8-9H2,1-3H3,(H,17,23)(H,20,24)(H,25,26). The molecular weight excluding hydrogens is 372 g/mol. The normalized spacial score (nSPS) is 10.7. The fraction of sp³-hybridized carbons (Fsp3) is 0.438. The molecule has 28 heavy (non-hydrogen) atoms. The molecule has 3 N–H and O–H groups in total. The summed E-state index contributed by atoms with van der Waals surface area (Å²) in [5.74, 6) is -2.23. The lowest BCUT2D eigenvalue weighted by Crippen LogP contribution is -2.19. The van der Waals surface area contributed by atoms with E-state index in [1.165, 1.54) is 35.7 Å². The van der Waals surface area contributed by atoms with Gasteiger partial charge in [-0.05, 0) is 6.42 Å². The molecule has 2 aromatic heterocycles. The van der Waals surface area contributed by atoms with E-state index in [4.69, 9.17) is 9.47 Å². The van der Waals surface area contributed by atoms with Crippen molar-refractivity contribution in [2.75, 3.05) is 24.9 Å². The fourth-order valence-electron chi connectivity index (χ4n) is 2.38. The Bertz CT molecular complexity index is 858. The van der Waals surface area contributed by atoms with Crippen LogP contribution >= 0.6 is 0 Å². The number of aromatic carboxylic acids is 1. The maximum absolute atomic E-state index is 12.6. The van der Waals surface area contributed by atoms with Crippen LogP contribution < -0.4 is 10.6 Å². The average Bonchev–Trinajstić information content (AvgIpc) is 3.20. The topological polar surface area (TPSA) is 150 Å². The molecule has 2 heterocycles. The summed E-state index contributed by atoms with van der Waals surface area (Å²) in [5, 5.41) is 14.3. The van der Waals surface area contributed by atoms with Crippen molar-refractivity contribution in [1.29, 1.82) is 0 Å². The lowest BCUT2D eigenvalue weighted by Gasteiger charge is -2.05. The molecule has 0 bridgehead atoms. The Hall–Kier alpha value is -3.25. The number of ether oxygens (including phenoxy) is 2. The van der Waals surface area contributed by atoms with Gasteiger partial charge in [-0.3, -0.25) is 14.2 Å². The molecule has 12 heteroatoms. The Morgan fingerprint density at radius 1 is 1.00 bits per heavy atom. The highest BCUT2D eigenvalue weighted by molar-refractivity contribution is 6.02. The first-order valence-electron chi connectivity index (χ1n) is 8.36. The quantitative estimate of drug-likeness (QED) is 0.540. The fourth-order valence-corrected chi connectivity index (χ4v) is 2.38. The van der Waals surface area contributed by atoms with E-state index in [2.05, 4.69) is 20.6 Å². The zero-order valence-electron chi connectivity index (χ0n) is 15.8. The third-order valence-corrected chi connectivity index (χ3v) is 3.47. The maximum Gasteiger partial charge on any atom is 0.372 e. The number of carboxylic acid groups (broad SMARTS) is 1. The molecule has 2 amide bonds. The molecule has 0 aliphatic rings. The van der Waals surface area contributed by atoms with Crippen LogP contribution in [0.4, 0.5) is 11.6 Å². The SMILES string of the molecule is CCCC(=O)Nc1cn(COC)c(C(=O)Nc2cn(COC)c(C(=O)O)n2)n1. The number of rotatable bonds is 10. The van der Waals surface area contributed by atoms with E-state index in [1.54, 1.807) is 0 Å². The summed E-state index contributed by atoms with van der Waals surface area (Å²) in [7, 11) is 2.85. The molecule has 0 atom stereocenters. The second-order valence-corrected chi connectivity index (χ2v) is 5.73. The van der Waals surface area contributed by atoms with Crippen LogP contribution in [0.15, 0.2) is 12.4 Å². The molecule has 0 aliphatic heterocycles. The van der Waals surface area contributed by atoms with E-state index < -0.39 is 11.9 Å². The molecule has 0 radical (unpaired) electrons. The molecule has 0 fully saturated rings. The van der Waals surface area contributed by atoms with Gasteiger partial charge in [0.25, 0.3) is 5.91 Å². The second kappa shape index (κ2) is 9.62. The Labute approximate surface area is 160 Å². The average molecular weight is 394 g/mol. The number of carbonyl (C=O) groups excluding carboxylic acids is 2. The van der Waals surface area contributed by atoms with Crippen LogP contribution in [0.5, 0.6) is 0 Å². The monoisotopic (exact) mass is 394 g/mol. The summed E-state index contributed by atoms with van der Waals surface area (Å²) in [5.41, 5.74) is 0. The summed E-state index contributed by atoms with van der Waals surface area (Å²) in [6, 6.07) is 0. The van der Waals surface area contributed by atoms with Crippen LogP contribution in [0.1, 0.15) is 41.0 Å². The van der Waals surface area contributed by atoms with Gasteiger partial charge >= 0.3 is 5.97 Å². The minimum Gasteiger partial charge on any atom is -0.475 e. The molecule has 2 rings (SSSR count). The number of imidazole rings is 2. The van der Waals surface area contributed by atoms with E-state index in [0.29, 0.717) is 12.8 Å². The van der Waals surface area contributed by atoms with Crippen molar-refractivity contribution < 1.29 is 29.0 Å². The zero-order chi connectivity index (χ0) is 20.7. The smallest absolute Gasteiger partial charge is 0.372 e. The predicted molar refractivity (Wildman–Crippen MR) is 96.9 cm³/mol. The van der Waals surface area contributed by atoms with Crippen molar-refractivity contribution in [2.24, 2.45) is 0 Å². The molecular formula is C16H22N6O6. The van der Waals surface area contributed by atoms with E-state index in [-0.39, 0.29) is 42.7 Å². The van der Waals surface area contributed by atoms with Crippen LogP contribution in [0.25, 0.3) is 0 Å². The van der Waals surface area contributed by atoms with Crippen molar-refractivity contribution in [3.05, 3.63) is 24.0 Å². The van der Waals surface area contributed by atoms with Gasteiger partial charge in [0.15, 0.2) is 11.6 Å². The second-order valence-electron chi connectivity index (χ2n) is 5.73. The predicted octanol–water partition coefficient (Wildman–Crippen LogP) is 0.976. The lowest BCUT2D eigenvalue weighted by molar-refractivity contribution is -0.116. The van der Waals surface area contributed by atoms with Crippen LogP contribution in [0.2, 0.25) is 0 Å². The Morgan fingerprint density at radius 3 is 2.07 bits per heavy atom. The molecule has 152 valence electrons. The largest absolute Gasteiger partial charge is 0.475 e. The number of nitrogens with zero attached hydrogens (tertiary/aromatic N) is 4. The maximum atomic E-state index is 12.6. The third-order valence-electron chi connectivity index (χ3n) is 3.47. The Morgan fingerprint density at radius 2 is 1.54 bits per heavy atom. The number of amides is 2. The van der Waals surface area contributed by atoms with Crippen molar-refractivity contribution in [2.45, 2.75) is 33.2 Å². The van der Waals surface area contributed by atoms with Crippen LogP contribution in [-0.2, 0) is 27.7 Å². The van der Waals surface area contributed by atoms with Crippen molar-refractivity contribution in [3.63, 3.8) is 0 Å². The van der Waals surface area contributed by atoms with Gasteiger partial charge in [0.1, 0.15) is 13.5 Å². The molecule has 0 saturated carbocycles. The summed E-state index contributed by atoms with van der Waals surface area (Å²) >= 11 is 0. The summed E-state index contributed by atoms with van der Waals surface area (Å²) < 4.78 is 12.6. The molecule has 0 aromatic carbocycles. The number of carbonyl (C=O) groups is 3. The lowest BCUT2D eigenvalue weighted by atomic mass is 10.3. The minimum atomic E-state index is -1.26. The Balaban J connectivity index is 2.23. The number of nitrogens with one attached hydrogen (secondary N) is 2. The molecule has 12 nitrogen and oxygen atoms in total. The molecule has 0 spiro atoms. The first-order chi connectivity index (χ1) is 13.4. The van der Waals surface area contributed by atoms with Gasteiger partial charge in [-0.15, -0.1) is 0 Å². The zero-order valence-corrected chi connectivity index (χ0v) is 15.8. The number of methoxy groups -OCH3 is 2. The first-order valence-corrected chi connectivity index (χ1v) is 8.36. The van der Waals surface area contributed by atoms with Gasteiger partial charge in [0, 0.05) is 20.6 Å².